The molecule has 3 nitrogen and oxygen atoms in total. The van der Waals surface area contributed by atoms with Crippen molar-refractivity contribution in [2.75, 3.05) is 32.7 Å². The van der Waals surface area contributed by atoms with Gasteiger partial charge in [0.1, 0.15) is 5.78 Å². The topological polar surface area (TPSA) is 23.6 Å². The van der Waals surface area contributed by atoms with Crippen LogP contribution < -0.4 is 0 Å². The zero-order valence-corrected chi connectivity index (χ0v) is 11.3. The molecule has 0 atom stereocenters. The molecule has 1 saturated heterocycles. The largest absolute Gasteiger partial charge is 0.298 e. The van der Waals surface area contributed by atoms with E-state index < -0.39 is 0 Å². The molecule has 0 bridgehead atoms. The molecule has 2 fully saturated rings. The average molecular weight is 238 g/mol. The quantitative estimate of drug-likeness (QED) is 0.746. The van der Waals surface area contributed by atoms with Crippen molar-refractivity contribution in [1.29, 1.82) is 0 Å². The molecule has 0 radical (unpaired) electrons. The molecule has 98 valence electrons. The Morgan fingerprint density at radius 3 is 2.24 bits per heavy atom. The third kappa shape index (κ3) is 3.52. The molecule has 3 heteroatoms. The molecule has 2 aliphatic rings. The lowest BCUT2D eigenvalue weighted by Crippen LogP contribution is -2.51. The van der Waals surface area contributed by atoms with E-state index in [9.17, 15) is 4.79 Å². The highest BCUT2D eigenvalue weighted by atomic mass is 16.1. The van der Waals surface area contributed by atoms with E-state index >= 15 is 0 Å². The van der Waals surface area contributed by atoms with Crippen molar-refractivity contribution in [2.45, 2.75) is 45.6 Å². The van der Waals surface area contributed by atoms with E-state index in [1.165, 1.54) is 25.7 Å². The number of carbonyl (C=O) groups is 1. The van der Waals surface area contributed by atoms with Crippen LogP contribution in [0.2, 0.25) is 0 Å². The molecule has 0 aromatic carbocycles. The van der Waals surface area contributed by atoms with Gasteiger partial charge in [-0.15, -0.1) is 0 Å². The summed E-state index contributed by atoms with van der Waals surface area (Å²) in [6, 6.07) is 0.845. The van der Waals surface area contributed by atoms with Gasteiger partial charge in [-0.25, -0.2) is 0 Å². The van der Waals surface area contributed by atoms with Gasteiger partial charge in [-0.05, 0) is 12.8 Å². The lowest BCUT2D eigenvalue weighted by atomic mass is 10.1. The van der Waals surface area contributed by atoms with Crippen LogP contribution in [-0.2, 0) is 4.79 Å². The number of Topliss-reactive ketones (excluding diaryl/α,β-unsaturated/α-hetero) is 1. The van der Waals surface area contributed by atoms with Gasteiger partial charge in [0, 0.05) is 38.1 Å². The van der Waals surface area contributed by atoms with Crippen LogP contribution in [0.3, 0.4) is 0 Å². The van der Waals surface area contributed by atoms with E-state index in [0.29, 0.717) is 12.3 Å². The first-order valence-electron chi connectivity index (χ1n) is 7.16. The lowest BCUT2D eigenvalue weighted by Gasteiger charge is -2.37. The molecule has 0 N–H and O–H groups in total. The van der Waals surface area contributed by atoms with Crippen LogP contribution in [0.15, 0.2) is 0 Å². The van der Waals surface area contributed by atoms with Crippen molar-refractivity contribution in [3.63, 3.8) is 0 Å². The van der Waals surface area contributed by atoms with Crippen molar-refractivity contribution in [2.24, 2.45) is 5.92 Å². The summed E-state index contributed by atoms with van der Waals surface area (Å²) in [5.74, 6) is 0.571. The molecular weight excluding hydrogens is 212 g/mol. The Kier molecular flexibility index (Phi) is 4.57. The highest BCUT2D eigenvalue weighted by molar-refractivity contribution is 5.82. The molecule has 17 heavy (non-hydrogen) atoms. The molecule has 2 rings (SSSR count). The number of piperazine rings is 1. The fraction of sp³-hybridized carbons (Fsp3) is 0.929. The van der Waals surface area contributed by atoms with Crippen LogP contribution in [0.25, 0.3) is 0 Å². The van der Waals surface area contributed by atoms with Crippen LogP contribution in [-0.4, -0.2) is 54.3 Å². The SMILES string of the molecule is CC(C)C(=O)CN1CCN(C2CCCC2)CC1. The molecule has 0 aromatic rings. The Labute approximate surface area is 105 Å². The highest BCUT2D eigenvalue weighted by Gasteiger charge is 2.26. The lowest BCUT2D eigenvalue weighted by molar-refractivity contribution is -0.123. The monoisotopic (exact) mass is 238 g/mol. The van der Waals surface area contributed by atoms with Crippen molar-refractivity contribution < 1.29 is 4.79 Å². The fourth-order valence-corrected chi connectivity index (χ4v) is 2.96. The van der Waals surface area contributed by atoms with Gasteiger partial charge in [0.05, 0.1) is 6.54 Å². The van der Waals surface area contributed by atoms with Gasteiger partial charge in [-0.1, -0.05) is 26.7 Å². The second kappa shape index (κ2) is 5.96. The molecule has 0 aromatic heterocycles. The number of hydrogen-bond donors (Lipinski definition) is 0. The van der Waals surface area contributed by atoms with E-state index in [2.05, 4.69) is 9.80 Å². The summed E-state index contributed by atoms with van der Waals surface area (Å²) < 4.78 is 0. The van der Waals surface area contributed by atoms with E-state index in [-0.39, 0.29) is 5.92 Å². The van der Waals surface area contributed by atoms with Gasteiger partial charge < -0.3 is 0 Å². The van der Waals surface area contributed by atoms with Crippen LogP contribution in [0, 0.1) is 5.92 Å². The first-order chi connectivity index (χ1) is 8.16. The van der Waals surface area contributed by atoms with Crippen LogP contribution in [0.5, 0.6) is 0 Å². The third-order valence-electron chi connectivity index (χ3n) is 4.27. The average Bonchev–Trinajstić information content (AvgIpc) is 2.83. The van der Waals surface area contributed by atoms with Gasteiger partial charge in [0.15, 0.2) is 0 Å². The van der Waals surface area contributed by atoms with Crippen LogP contribution in [0.1, 0.15) is 39.5 Å². The standard InChI is InChI=1S/C14H26N2O/c1-12(2)14(17)11-15-7-9-16(10-8-15)13-5-3-4-6-13/h12-13H,3-11H2,1-2H3. The van der Waals surface area contributed by atoms with Gasteiger partial charge in [0.25, 0.3) is 0 Å². The zero-order chi connectivity index (χ0) is 12.3. The number of ketones is 1. The van der Waals surface area contributed by atoms with Gasteiger partial charge >= 0.3 is 0 Å². The highest BCUT2D eigenvalue weighted by Crippen LogP contribution is 2.24. The normalized spacial score (nSPS) is 24.6. The van der Waals surface area contributed by atoms with Crippen molar-refractivity contribution in [1.82, 2.24) is 9.80 Å². The van der Waals surface area contributed by atoms with Gasteiger partial charge in [-0.3, -0.25) is 14.6 Å². The Morgan fingerprint density at radius 2 is 1.71 bits per heavy atom. The summed E-state index contributed by atoms with van der Waals surface area (Å²) in [6.07, 6.45) is 5.61. The Balaban J connectivity index is 1.72. The Morgan fingerprint density at radius 1 is 1.12 bits per heavy atom. The molecule has 0 amide bonds. The summed E-state index contributed by atoms with van der Waals surface area (Å²) in [7, 11) is 0. The summed E-state index contributed by atoms with van der Waals surface area (Å²) >= 11 is 0. The first-order valence-corrected chi connectivity index (χ1v) is 7.16. The Bertz CT molecular complexity index is 251. The number of nitrogens with zero attached hydrogens (tertiary/aromatic N) is 2. The molecule has 0 spiro atoms. The summed E-state index contributed by atoms with van der Waals surface area (Å²) in [6.45, 7) is 9.14. The van der Waals surface area contributed by atoms with Gasteiger partial charge in [-0.2, -0.15) is 0 Å². The summed E-state index contributed by atoms with van der Waals surface area (Å²) in [5, 5.41) is 0. The maximum Gasteiger partial charge on any atom is 0.149 e. The van der Waals surface area contributed by atoms with Crippen LogP contribution >= 0.6 is 0 Å². The van der Waals surface area contributed by atoms with Gasteiger partial charge in [0.2, 0.25) is 0 Å². The second-order valence-corrected chi connectivity index (χ2v) is 5.87. The molecule has 1 heterocycles. The minimum absolute atomic E-state index is 0.183. The first kappa shape index (κ1) is 13.0. The molecular formula is C14H26N2O. The smallest absolute Gasteiger partial charge is 0.149 e. The Hall–Kier alpha value is -0.410. The zero-order valence-electron chi connectivity index (χ0n) is 11.3. The molecule has 1 aliphatic heterocycles. The van der Waals surface area contributed by atoms with Crippen molar-refractivity contribution >= 4 is 5.78 Å². The second-order valence-electron chi connectivity index (χ2n) is 5.87. The van der Waals surface area contributed by atoms with E-state index in [1.807, 2.05) is 13.8 Å². The number of rotatable bonds is 4. The number of hydrogen-bond acceptors (Lipinski definition) is 3. The maximum atomic E-state index is 11.7. The van der Waals surface area contributed by atoms with Crippen molar-refractivity contribution in [3.8, 4) is 0 Å². The van der Waals surface area contributed by atoms with E-state index in [4.69, 9.17) is 0 Å². The summed E-state index contributed by atoms with van der Waals surface area (Å²) in [5.41, 5.74) is 0. The predicted molar refractivity (Wildman–Crippen MR) is 70.1 cm³/mol. The summed E-state index contributed by atoms with van der Waals surface area (Å²) in [4.78, 5) is 16.7. The minimum atomic E-state index is 0.183. The molecule has 1 aliphatic carbocycles. The fourth-order valence-electron chi connectivity index (χ4n) is 2.96. The predicted octanol–water partition coefficient (Wildman–Crippen LogP) is 1.77. The van der Waals surface area contributed by atoms with Crippen LogP contribution in [0.4, 0.5) is 0 Å². The minimum Gasteiger partial charge on any atom is -0.298 e. The maximum absolute atomic E-state index is 11.7. The molecule has 1 saturated carbocycles. The number of carbonyl (C=O) groups excluding carboxylic acids is 1. The molecule has 0 unspecified atom stereocenters. The third-order valence-corrected chi connectivity index (χ3v) is 4.27. The van der Waals surface area contributed by atoms with E-state index in [1.54, 1.807) is 0 Å². The van der Waals surface area contributed by atoms with E-state index in [0.717, 1.165) is 32.2 Å². The van der Waals surface area contributed by atoms with Crippen molar-refractivity contribution in [3.05, 3.63) is 0 Å².